The minimum absolute atomic E-state index is 0.0738. The summed E-state index contributed by atoms with van der Waals surface area (Å²) >= 11 is 0. The zero-order chi connectivity index (χ0) is 24.0. The summed E-state index contributed by atoms with van der Waals surface area (Å²) in [5.41, 5.74) is -0.567. The van der Waals surface area contributed by atoms with Gasteiger partial charge in [-0.1, -0.05) is 12.1 Å². The maximum Gasteiger partial charge on any atom is 0.417 e. The molecule has 34 heavy (non-hydrogen) atoms. The number of amides is 1. The Morgan fingerprint density at radius 3 is 2.47 bits per heavy atom. The highest BCUT2D eigenvalue weighted by molar-refractivity contribution is 6.01. The number of pyridine rings is 1. The average molecular weight is 471 g/mol. The number of anilines is 1. The SMILES string of the molecule is CN(c1ccc(C(F)(F)F)cn1)[C@@H]1C[C@@H]2C[C@@H]1N(C(=O)c1c(F)cccc1-c1ncccn1)C2. The number of benzene rings is 1. The van der Waals surface area contributed by atoms with E-state index < -0.39 is 23.5 Å². The Kier molecular flexibility index (Phi) is 5.45. The van der Waals surface area contributed by atoms with E-state index in [4.69, 9.17) is 0 Å². The average Bonchev–Trinajstić information content (AvgIpc) is 3.44. The third kappa shape index (κ3) is 3.86. The highest BCUT2D eigenvalue weighted by atomic mass is 19.4. The van der Waals surface area contributed by atoms with E-state index in [-0.39, 0.29) is 29.4 Å². The van der Waals surface area contributed by atoms with Crippen LogP contribution in [0.15, 0.2) is 55.0 Å². The lowest BCUT2D eigenvalue weighted by Gasteiger charge is -2.39. The van der Waals surface area contributed by atoms with Crippen LogP contribution >= 0.6 is 0 Å². The first-order valence-corrected chi connectivity index (χ1v) is 10.9. The van der Waals surface area contributed by atoms with Gasteiger partial charge in [0.05, 0.1) is 23.2 Å². The predicted octanol–water partition coefficient (Wildman–Crippen LogP) is 4.44. The zero-order valence-electron chi connectivity index (χ0n) is 18.2. The van der Waals surface area contributed by atoms with Crippen LogP contribution in [0.1, 0.15) is 28.8 Å². The van der Waals surface area contributed by atoms with Crippen LogP contribution in [0, 0.1) is 11.7 Å². The van der Waals surface area contributed by atoms with Crippen molar-refractivity contribution in [3.8, 4) is 11.4 Å². The van der Waals surface area contributed by atoms with E-state index in [1.165, 1.54) is 30.6 Å². The van der Waals surface area contributed by atoms with Gasteiger partial charge >= 0.3 is 6.18 Å². The number of alkyl halides is 3. The number of hydrogen-bond donors (Lipinski definition) is 0. The number of piperidine rings is 1. The third-order valence-electron chi connectivity index (χ3n) is 6.68. The summed E-state index contributed by atoms with van der Waals surface area (Å²) < 4.78 is 53.6. The van der Waals surface area contributed by atoms with Crippen LogP contribution in [0.3, 0.4) is 0 Å². The number of hydrogen-bond acceptors (Lipinski definition) is 5. The van der Waals surface area contributed by atoms with E-state index in [0.29, 0.717) is 17.9 Å². The second-order valence-electron chi connectivity index (χ2n) is 8.68. The quantitative estimate of drug-likeness (QED) is 0.527. The van der Waals surface area contributed by atoms with Crippen molar-refractivity contribution in [2.45, 2.75) is 31.1 Å². The molecule has 5 rings (SSSR count). The van der Waals surface area contributed by atoms with Crippen LogP contribution < -0.4 is 4.90 Å². The first-order chi connectivity index (χ1) is 16.2. The lowest BCUT2D eigenvalue weighted by molar-refractivity contribution is -0.137. The van der Waals surface area contributed by atoms with E-state index in [2.05, 4.69) is 15.0 Å². The molecule has 1 aromatic carbocycles. The van der Waals surface area contributed by atoms with Gasteiger partial charge in [0.1, 0.15) is 11.6 Å². The Hall–Kier alpha value is -3.56. The second kappa shape index (κ2) is 8.34. The fraction of sp³-hybridized carbons (Fsp3) is 0.333. The van der Waals surface area contributed by atoms with Crippen LogP contribution in [0.2, 0.25) is 0 Å². The number of likely N-dealkylation sites (N-methyl/N-ethyl adjacent to an activating group) is 1. The summed E-state index contributed by atoms with van der Waals surface area (Å²) in [4.78, 5) is 29.4. The molecule has 1 amide bonds. The molecule has 3 atom stereocenters. The molecular formula is C24H21F4N5O. The minimum Gasteiger partial charge on any atom is -0.355 e. The second-order valence-corrected chi connectivity index (χ2v) is 8.68. The number of aromatic nitrogens is 3. The maximum atomic E-state index is 14.9. The lowest BCUT2D eigenvalue weighted by Crippen LogP contribution is -2.51. The van der Waals surface area contributed by atoms with Crippen molar-refractivity contribution in [2.24, 2.45) is 5.92 Å². The smallest absolute Gasteiger partial charge is 0.355 e. The van der Waals surface area contributed by atoms with Gasteiger partial charge in [0, 0.05) is 37.7 Å². The van der Waals surface area contributed by atoms with E-state index >= 15 is 0 Å². The third-order valence-corrected chi connectivity index (χ3v) is 6.68. The molecular weight excluding hydrogens is 450 g/mol. The molecule has 0 radical (unpaired) electrons. The molecule has 1 saturated heterocycles. The van der Waals surface area contributed by atoms with E-state index in [1.807, 2.05) is 4.90 Å². The molecule has 2 aromatic heterocycles. The molecule has 1 aliphatic carbocycles. The normalized spacial score (nSPS) is 21.7. The number of halogens is 4. The predicted molar refractivity (Wildman–Crippen MR) is 116 cm³/mol. The number of carbonyl (C=O) groups excluding carboxylic acids is 1. The molecule has 10 heteroatoms. The van der Waals surface area contributed by atoms with Gasteiger partial charge < -0.3 is 9.80 Å². The van der Waals surface area contributed by atoms with Crippen LogP contribution in [0.4, 0.5) is 23.4 Å². The van der Waals surface area contributed by atoms with Gasteiger partial charge in [-0.15, -0.1) is 0 Å². The Labute approximate surface area is 193 Å². The number of carbonyl (C=O) groups is 1. The number of rotatable bonds is 4. The van der Waals surface area contributed by atoms with Crippen LogP contribution in [-0.4, -0.2) is 51.4 Å². The lowest BCUT2D eigenvalue weighted by atomic mass is 10.0. The topological polar surface area (TPSA) is 62.2 Å². The number of nitrogens with zero attached hydrogens (tertiary/aromatic N) is 5. The molecule has 2 bridgehead atoms. The molecule has 3 heterocycles. The van der Waals surface area contributed by atoms with Crippen molar-refractivity contribution >= 4 is 11.7 Å². The molecule has 6 nitrogen and oxygen atoms in total. The van der Waals surface area contributed by atoms with Gasteiger partial charge in [-0.3, -0.25) is 4.79 Å². The van der Waals surface area contributed by atoms with Gasteiger partial charge in [-0.05, 0) is 43.0 Å². The van der Waals surface area contributed by atoms with Crippen molar-refractivity contribution < 1.29 is 22.4 Å². The Morgan fingerprint density at radius 1 is 1.06 bits per heavy atom. The molecule has 0 N–H and O–H groups in total. The van der Waals surface area contributed by atoms with E-state index in [0.717, 1.165) is 25.1 Å². The first-order valence-electron chi connectivity index (χ1n) is 10.9. The Balaban J connectivity index is 1.42. The standard InChI is InChI=1S/C24H21F4N5O/c1-32(20-7-6-15(12-31-20)24(26,27)28)18-10-14-11-19(18)33(13-14)23(34)21-16(4-2-5-17(21)25)22-29-8-3-9-30-22/h2-9,12,14,18-19H,10-11,13H2,1H3/t14-,18-,19+/m1/s1. The van der Waals surface area contributed by atoms with Gasteiger partial charge in [-0.2, -0.15) is 13.2 Å². The minimum atomic E-state index is -4.46. The summed E-state index contributed by atoms with van der Waals surface area (Å²) in [5, 5.41) is 0. The summed E-state index contributed by atoms with van der Waals surface area (Å²) in [7, 11) is 1.76. The van der Waals surface area contributed by atoms with Gasteiger partial charge in [0.25, 0.3) is 5.91 Å². The summed E-state index contributed by atoms with van der Waals surface area (Å²) in [6, 6.07) is 7.99. The van der Waals surface area contributed by atoms with Crippen molar-refractivity contribution in [3.63, 3.8) is 0 Å². The summed E-state index contributed by atoms with van der Waals surface area (Å²) in [6.07, 6.45) is 0.933. The van der Waals surface area contributed by atoms with Gasteiger partial charge in [-0.25, -0.2) is 19.3 Å². The van der Waals surface area contributed by atoms with E-state index in [9.17, 15) is 22.4 Å². The van der Waals surface area contributed by atoms with Crippen LogP contribution in [0.5, 0.6) is 0 Å². The molecule has 176 valence electrons. The highest BCUT2D eigenvalue weighted by Crippen LogP contribution is 2.42. The van der Waals surface area contributed by atoms with Crippen molar-refractivity contribution in [2.75, 3.05) is 18.5 Å². The Bertz CT molecular complexity index is 1200. The van der Waals surface area contributed by atoms with Crippen LogP contribution in [-0.2, 0) is 6.18 Å². The van der Waals surface area contributed by atoms with Gasteiger partial charge in [0.15, 0.2) is 5.82 Å². The molecule has 0 unspecified atom stereocenters. The number of likely N-dealkylation sites (tertiary alicyclic amines) is 1. The summed E-state index contributed by atoms with van der Waals surface area (Å²) in [6.45, 7) is 0.498. The molecule has 1 saturated carbocycles. The Morgan fingerprint density at radius 2 is 1.82 bits per heavy atom. The van der Waals surface area contributed by atoms with E-state index in [1.54, 1.807) is 24.1 Å². The molecule has 0 spiro atoms. The fourth-order valence-electron chi connectivity index (χ4n) is 5.08. The van der Waals surface area contributed by atoms with Crippen molar-refractivity contribution in [3.05, 3.63) is 71.9 Å². The largest absolute Gasteiger partial charge is 0.417 e. The van der Waals surface area contributed by atoms with Crippen LogP contribution in [0.25, 0.3) is 11.4 Å². The number of fused-ring (bicyclic) bond motifs is 2. The fourth-order valence-corrected chi connectivity index (χ4v) is 5.08. The van der Waals surface area contributed by atoms with Crippen molar-refractivity contribution in [1.29, 1.82) is 0 Å². The molecule has 1 aliphatic heterocycles. The first kappa shape index (κ1) is 22.2. The maximum absolute atomic E-state index is 14.9. The van der Waals surface area contributed by atoms with Crippen molar-refractivity contribution in [1.82, 2.24) is 19.9 Å². The highest BCUT2D eigenvalue weighted by Gasteiger charge is 2.49. The molecule has 3 aromatic rings. The molecule has 2 fully saturated rings. The monoisotopic (exact) mass is 471 g/mol. The zero-order valence-corrected chi connectivity index (χ0v) is 18.2. The summed E-state index contributed by atoms with van der Waals surface area (Å²) in [5.74, 6) is -0.211. The molecule has 2 aliphatic rings. The van der Waals surface area contributed by atoms with Gasteiger partial charge in [0.2, 0.25) is 0 Å².